The number of piperazine rings is 1. The van der Waals surface area contributed by atoms with Crippen molar-refractivity contribution in [3.63, 3.8) is 0 Å². The molecule has 1 atom stereocenters. The number of carbonyl (C=O) groups is 2. The first-order valence-corrected chi connectivity index (χ1v) is 10.4. The second kappa shape index (κ2) is 8.95. The van der Waals surface area contributed by atoms with Gasteiger partial charge in [-0.25, -0.2) is 0 Å². The summed E-state index contributed by atoms with van der Waals surface area (Å²) in [6.07, 6.45) is 3.60. The van der Waals surface area contributed by atoms with Gasteiger partial charge < -0.3 is 14.4 Å². The van der Waals surface area contributed by atoms with Crippen LogP contribution in [0.4, 0.5) is 5.69 Å². The van der Waals surface area contributed by atoms with Gasteiger partial charge in [0.2, 0.25) is 0 Å². The lowest BCUT2D eigenvalue weighted by atomic mass is 9.79. The fraction of sp³-hybridized carbons (Fsp3) is 0.636. The predicted molar refractivity (Wildman–Crippen MR) is 109 cm³/mol. The third-order valence-electron chi connectivity index (χ3n) is 6.28. The third kappa shape index (κ3) is 4.66. The molecule has 1 aromatic carbocycles. The van der Waals surface area contributed by atoms with E-state index in [4.69, 9.17) is 9.47 Å². The zero-order valence-electron chi connectivity index (χ0n) is 17.3. The minimum atomic E-state index is -0.301. The number of ether oxygens (including phenoxy) is 2. The molecule has 1 unspecified atom stereocenters. The highest BCUT2D eigenvalue weighted by Gasteiger charge is 2.46. The summed E-state index contributed by atoms with van der Waals surface area (Å²) in [6.45, 7) is 10.5. The number of nitrogens with zero attached hydrogens (tertiary/aromatic N) is 2. The Kier molecular flexibility index (Phi) is 6.60. The van der Waals surface area contributed by atoms with Gasteiger partial charge in [-0.1, -0.05) is 13.8 Å². The molecule has 2 aliphatic rings. The van der Waals surface area contributed by atoms with E-state index in [0.717, 1.165) is 64.1 Å². The topological polar surface area (TPSA) is 59.1 Å². The van der Waals surface area contributed by atoms with Crippen LogP contribution in [0.3, 0.4) is 0 Å². The summed E-state index contributed by atoms with van der Waals surface area (Å²) >= 11 is 0. The smallest absolute Gasteiger partial charge is 0.312 e. The Morgan fingerprint density at radius 2 is 1.79 bits per heavy atom. The fourth-order valence-corrected chi connectivity index (χ4v) is 4.27. The molecule has 0 aromatic heterocycles. The minimum absolute atomic E-state index is 0.00418. The van der Waals surface area contributed by atoms with Crippen molar-refractivity contribution in [1.29, 1.82) is 0 Å². The van der Waals surface area contributed by atoms with Crippen LogP contribution in [0, 0.1) is 5.41 Å². The zero-order valence-corrected chi connectivity index (χ0v) is 17.3. The molecule has 0 saturated carbocycles. The predicted octanol–water partition coefficient (Wildman–Crippen LogP) is 3.25. The Hall–Kier alpha value is -2.08. The molecule has 2 heterocycles. The van der Waals surface area contributed by atoms with Gasteiger partial charge in [-0.2, -0.15) is 0 Å². The van der Waals surface area contributed by atoms with Crippen LogP contribution in [-0.4, -0.2) is 55.7 Å². The lowest BCUT2D eigenvalue weighted by Crippen LogP contribution is -2.47. The highest BCUT2D eigenvalue weighted by atomic mass is 16.6. The van der Waals surface area contributed by atoms with Gasteiger partial charge in [-0.05, 0) is 43.5 Å². The fourth-order valence-electron chi connectivity index (χ4n) is 4.27. The standard InChI is InChI=1S/C22H32N2O4/c1-4-22(5-2)16-20(28-21(22)26)10-11-23-12-14-24(15-13-23)18-6-8-19(9-7-18)27-17(3)25/h6-9,20H,4-5,10-16H2,1-3H3. The molecule has 2 saturated heterocycles. The van der Waals surface area contributed by atoms with Crippen LogP contribution in [0.5, 0.6) is 5.75 Å². The number of benzene rings is 1. The lowest BCUT2D eigenvalue weighted by molar-refractivity contribution is -0.149. The molecule has 2 fully saturated rings. The number of hydrogen-bond donors (Lipinski definition) is 0. The van der Waals surface area contributed by atoms with E-state index < -0.39 is 0 Å². The number of carbonyl (C=O) groups excluding carboxylic acids is 2. The molecular weight excluding hydrogens is 356 g/mol. The molecular formula is C22H32N2O4. The molecule has 28 heavy (non-hydrogen) atoms. The van der Waals surface area contributed by atoms with Crippen LogP contribution < -0.4 is 9.64 Å². The molecule has 0 bridgehead atoms. The Morgan fingerprint density at radius 1 is 1.14 bits per heavy atom. The Morgan fingerprint density at radius 3 is 2.32 bits per heavy atom. The maximum atomic E-state index is 12.2. The monoisotopic (exact) mass is 388 g/mol. The van der Waals surface area contributed by atoms with Gasteiger partial charge in [0.05, 0.1) is 5.41 Å². The van der Waals surface area contributed by atoms with Crippen LogP contribution in [0.1, 0.15) is 46.5 Å². The minimum Gasteiger partial charge on any atom is -0.462 e. The maximum absolute atomic E-state index is 12.2. The summed E-state index contributed by atoms with van der Waals surface area (Å²) in [5.41, 5.74) is 0.901. The second-order valence-electron chi connectivity index (χ2n) is 7.92. The summed E-state index contributed by atoms with van der Waals surface area (Å²) in [5.74, 6) is 0.283. The summed E-state index contributed by atoms with van der Waals surface area (Å²) in [4.78, 5) is 28.1. The lowest BCUT2D eigenvalue weighted by Gasteiger charge is -2.36. The van der Waals surface area contributed by atoms with Crippen LogP contribution in [0.2, 0.25) is 0 Å². The van der Waals surface area contributed by atoms with E-state index in [-0.39, 0.29) is 23.5 Å². The first-order chi connectivity index (χ1) is 13.5. The number of anilines is 1. The molecule has 0 spiro atoms. The van der Waals surface area contributed by atoms with Crippen LogP contribution in [0.25, 0.3) is 0 Å². The highest BCUT2D eigenvalue weighted by molar-refractivity contribution is 5.79. The molecule has 3 rings (SSSR count). The quantitative estimate of drug-likeness (QED) is 0.528. The van der Waals surface area contributed by atoms with Crippen molar-refractivity contribution in [2.24, 2.45) is 5.41 Å². The Balaban J connectivity index is 1.43. The normalized spacial score (nSPS) is 22.2. The van der Waals surface area contributed by atoms with Gasteiger partial charge in [0.1, 0.15) is 11.9 Å². The van der Waals surface area contributed by atoms with E-state index >= 15 is 0 Å². The van der Waals surface area contributed by atoms with Gasteiger partial charge in [-0.15, -0.1) is 0 Å². The van der Waals surface area contributed by atoms with E-state index in [9.17, 15) is 9.59 Å². The Bertz CT molecular complexity index is 676. The molecule has 154 valence electrons. The van der Waals surface area contributed by atoms with Gasteiger partial charge >= 0.3 is 11.9 Å². The van der Waals surface area contributed by atoms with Crippen molar-refractivity contribution >= 4 is 17.6 Å². The molecule has 0 radical (unpaired) electrons. The number of esters is 2. The number of hydrogen-bond acceptors (Lipinski definition) is 6. The molecule has 0 amide bonds. The van der Waals surface area contributed by atoms with Gasteiger partial charge in [0.15, 0.2) is 0 Å². The highest BCUT2D eigenvalue weighted by Crippen LogP contribution is 2.41. The van der Waals surface area contributed by atoms with Crippen molar-refractivity contribution in [3.05, 3.63) is 24.3 Å². The van der Waals surface area contributed by atoms with Crippen molar-refractivity contribution < 1.29 is 19.1 Å². The second-order valence-corrected chi connectivity index (χ2v) is 7.92. The SMILES string of the molecule is CCC1(CC)CC(CCN2CCN(c3ccc(OC(C)=O)cc3)CC2)OC1=O. The first-order valence-electron chi connectivity index (χ1n) is 10.4. The van der Waals surface area contributed by atoms with Crippen LogP contribution >= 0.6 is 0 Å². The molecule has 0 N–H and O–H groups in total. The van der Waals surface area contributed by atoms with Crippen molar-refractivity contribution in [2.75, 3.05) is 37.6 Å². The van der Waals surface area contributed by atoms with Gasteiger partial charge in [0.25, 0.3) is 0 Å². The first kappa shape index (κ1) is 20.6. The molecule has 2 aliphatic heterocycles. The van der Waals surface area contributed by atoms with Crippen LogP contribution in [0.15, 0.2) is 24.3 Å². The van der Waals surface area contributed by atoms with Crippen molar-refractivity contribution in [3.8, 4) is 5.75 Å². The zero-order chi connectivity index (χ0) is 20.1. The number of cyclic esters (lactones) is 1. The number of rotatable bonds is 7. The maximum Gasteiger partial charge on any atom is 0.312 e. The van der Waals surface area contributed by atoms with Crippen LogP contribution in [-0.2, 0) is 14.3 Å². The third-order valence-corrected chi connectivity index (χ3v) is 6.28. The average Bonchev–Trinajstić information content (AvgIpc) is 3.03. The summed E-state index contributed by atoms with van der Waals surface area (Å²) in [6, 6.07) is 7.68. The van der Waals surface area contributed by atoms with Crippen molar-refractivity contribution in [1.82, 2.24) is 4.90 Å². The molecule has 6 heteroatoms. The summed E-state index contributed by atoms with van der Waals surface area (Å²) in [7, 11) is 0. The van der Waals surface area contributed by atoms with Crippen molar-refractivity contribution in [2.45, 2.75) is 52.6 Å². The Labute approximate surface area is 167 Å². The van der Waals surface area contributed by atoms with E-state index in [2.05, 4.69) is 23.6 Å². The van der Waals surface area contributed by atoms with E-state index in [1.807, 2.05) is 24.3 Å². The van der Waals surface area contributed by atoms with E-state index in [0.29, 0.717) is 5.75 Å². The van der Waals surface area contributed by atoms with E-state index in [1.165, 1.54) is 6.92 Å². The molecule has 0 aliphatic carbocycles. The molecule has 6 nitrogen and oxygen atoms in total. The summed E-state index contributed by atoms with van der Waals surface area (Å²) < 4.78 is 10.8. The molecule has 1 aromatic rings. The largest absolute Gasteiger partial charge is 0.462 e. The van der Waals surface area contributed by atoms with E-state index in [1.54, 1.807) is 0 Å². The average molecular weight is 389 g/mol. The van der Waals surface area contributed by atoms with Gasteiger partial charge in [-0.3, -0.25) is 14.5 Å². The van der Waals surface area contributed by atoms with Gasteiger partial charge in [0, 0.05) is 51.8 Å². The summed E-state index contributed by atoms with van der Waals surface area (Å²) in [5, 5.41) is 0.